The molecule has 0 fully saturated rings. The number of phenols is 3. The highest BCUT2D eigenvalue weighted by atomic mass is 16.3. The van der Waals surface area contributed by atoms with Crippen molar-refractivity contribution in [2.45, 2.75) is 0 Å². The average Bonchev–Trinajstić information content (AvgIpc) is 3.90. The Hall–Kier alpha value is -7.85. The van der Waals surface area contributed by atoms with Crippen LogP contribution in [0.5, 0.6) is 17.2 Å². The van der Waals surface area contributed by atoms with Crippen molar-refractivity contribution in [3.8, 4) is 68.5 Å². The van der Waals surface area contributed by atoms with Crippen LogP contribution >= 0.6 is 0 Å². The van der Waals surface area contributed by atoms with Crippen LogP contribution in [0.4, 0.5) is 5.69 Å². The molecule has 3 heterocycles. The summed E-state index contributed by atoms with van der Waals surface area (Å²) >= 11 is 0. The maximum Gasteiger partial charge on any atom is 0.149 e. The molecule has 10 aromatic rings. The zero-order valence-corrected chi connectivity index (χ0v) is 29.1. The highest BCUT2D eigenvalue weighted by Gasteiger charge is 2.26. The summed E-state index contributed by atoms with van der Waals surface area (Å²) in [5.41, 5.74) is 16.0. The Labute approximate surface area is 313 Å². The van der Waals surface area contributed by atoms with Gasteiger partial charge in [0, 0.05) is 5.56 Å². The molecule has 0 saturated heterocycles. The number of aromatic hydroxyl groups is 3. The summed E-state index contributed by atoms with van der Waals surface area (Å²) in [4.78, 5) is 15.2. The van der Waals surface area contributed by atoms with Crippen LogP contribution in [-0.2, 0) is 0 Å². The molecule has 264 valence electrons. The fourth-order valence-corrected chi connectivity index (χ4v) is 7.46. The maximum absolute atomic E-state index is 11.2. The molecule has 3 aromatic heterocycles. The molecular weight excluding hydrogens is 687 g/mol. The van der Waals surface area contributed by atoms with E-state index in [0.717, 1.165) is 27.6 Å². The first-order valence-corrected chi connectivity index (χ1v) is 17.7. The van der Waals surface area contributed by atoms with E-state index >= 15 is 0 Å². The predicted molar refractivity (Wildman–Crippen MR) is 216 cm³/mol. The van der Waals surface area contributed by atoms with Crippen molar-refractivity contribution >= 4 is 38.8 Å². The van der Waals surface area contributed by atoms with Gasteiger partial charge in [0.15, 0.2) is 0 Å². The van der Waals surface area contributed by atoms with Gasteiger partial charge in [-0.15, -0.1) is 0 Å². The van der Waals surface area contributed by atoms with Crippen LogP contribution in [0.3, 0.4) is 0 Å². The Balaban J connectivity index is 1.38. The molecule has 10 heteroatoms. The summed E-state index contributed by atoms with van der Waals surface area (Å²) in [5, 5.41) is 33.0. The maximum atomic E-state index is 11.2. The lowest BCUT2D eigenvalue weighted by molar-refractivity contribution is 0.475. The Morgan fingerprint density at radius 2 is 0.855 bits per heavy atom. The third-order valence-electron chi connectivity index (χ3n) is 9.94. The quantitative estimate of drug-likeness (QED) is 0.126. The Bertz CT molecular complexity index is 3120. The second-order valence-corrected chi connectivity index (χ2v) is 13.3. The van der Waals surface area contributed by atoms with E-state index in [1.54, 1.807) is 42.5 Å². The van der Waals surface area contributed by atoms with E-state index in [-0.39, 0.29) is 17.2 Å². The van der Waals surface area contributed by atoms with Gasteiger partial charge in [-0.2, -0.15) is 0 Å². The monoisotopic (exact) mass is 717 g/mol. The van der Waals surface area contributed by atoms with E-state index in [4.69, 9.17) is 20.7 Å². The predicted octanol–water partition coefficient (Wildman–Crippen LogP) is 9.40. The van der Waals surface area contributed by atoms with Crippen molar-refractivity contribution < 1.29 is 15.3 Å². The summed E-state index contributed by atoms with van der Waals surface area (Å²) in [6, 6.07) is 48.6. The van der Waals surface area contributed by atoms with Crippen molar-refractivity contribution in [3.05, 3.63) is 158 Å². The summed E-state index contributed by atoms with van der Waals surface area (Å²) in [5.74, 6) is 1.86. The van der Waals surface area contributed by atoms with Gasteiger partial charge in [-0.1, -0.05) is 72.8 Å². The van der Waals surface area contributed by atoms with E-state index in [0.29, 0.717) is 62.4 Å². The van der Waals surface area contributed by atoms with Crippen LogP contribution in [0, 0.1) is 0 Å². The fourth-order valence-electron chi connectivity index (χ4n) is 7.46. The molecule has 0 unspecified atom stereocenters. The second-order valence-electron chi connectivity index (χ2n) is 13.3. The molecule has 55 heavy (non-hydrogen) atoms. The molecule has 10 nitrogen and oxygen atoms in total. The minimum Gasteiger partial charge on any atom is -0.508 e. The molecule has 0 spiro atoms. The first-order valence-electron chi connectivity index (χ1n) is 17.7. The Morgan fingerprint density at radius 3 is 1.38 bits per heavy atom. The van der Waals surface area contributed by atoms with Crippen LogP contribution in [-0.4, -0.2) is 44.0 Å². The largest absolute Gasteiger partial charge is 0.508 e. The lowest BCUT2D eigenvalue weighted by Crippen LogP contribution is -2.10. The Morgan fingerprint density at radius 1 is 0.418 bits per heavy atom. The van der Waals surface area contributed by atoms with Crippen molar-refractivity contribution in [2.75, 3.05) is 5.73 Å². The van der Waals surface area contributed by atoms with Gasteiger partial charge in [0.2, 0.25) is 0 Å². The van der Waals surface area contributed by atoms with E-state index in [9.17, 15) is 15.3 Å². The summed E-state index contributed by atoms with van der Waals surface area (Å²) in [6.45, 7) is 0. The fraction of sp³-hybridized carbons (Fsp3) is 0. The molecule has 0 bridgehead atoms. The Kier molecular flexibility index (Phi) is 7.17. The minimum absolute atomic E-state index is 0.0724. The first kappa shape index (κ1) is 31.9. The SMILES string of the molecule is Nc1c(-n2c(-c3cccc(O)c3)nc3ccccc32)cc(-n2c(-c3ccccc3O)nc3ccccc32)cc1-n1c(-c2ccccc2O)nc2ccccc21. The number of benzene rings is 7. The van der Waals surface area contributed by atoms with Gasteiger partial charge in [-0.25, -0.2) is 15.0 Å². The third kappa shape index (κ3) is 5.07. The molecule has 0 radical (unpaired) electrons. The molecule has 0 aliphatic carbocycles. The molecular formula is C45H31N7O3. The average molecular weight is 718 g/mol. The third-order valence-corrected chi connectivity index (χ3v) is 9.94. The number of nitrogen functional groups attached to an aromatic ring is 1. The van der Waals surface area contributed by atoms with Crippen molar-refractivity contribution in [1.29, 1.82) is 0 Å². The van der Waals surface area contributed by atoms with Gasteiger partial charge in [-0.3, -0.25) is 13.7 Å². The summed E-state index contributed by atoms with van der Waals surface area (Å²) in [6.07, 6.45) is 0. The highest BCUT2D eigenvalue weighted by molar-refractivity contribution is 5.92. The van der Waals surface area contributed by atoms with Crippen molar-refractivity contribution in [1.82, 2.24) is 28.7 Å². The highest BCUT2D eigenvalue weighted by Crippen LogP contribution is 2.42. The number of nitrogens with zero attached hydrogens (tertiary/aromatic N) is 6. The van der Waals surface area contributed by atoms with Crippen molar-refractivity contribution in [2.24, 2.45) is 0 Å². The zero-order chi connectivity index (χ0) is 37.2. The van der Waals surface area contributed by atoms with E-state index < -0.39 is 0 Å². The van der Waals surface area contributed by atoms with Gasteiger partial charge in [-0.05, 0) is 84.9 Å². The number of para-hydroxylation sites is 8. The lowest BCUT2D eigenvalue weighted by atomic mass is 10.1. The van der Waals surface area contributed by atoms with Gasteiger partial charge in [0.05, 0.1) is 67.0 Å². The number of anilines is 1. The van der Waals surface area contributed by atoms with Crippen LogP contribution in [0.15, 0.2) is 158 Å². The second kappa shape index (κ2) is 12.4. The zero-order valence-electron chi connectivity index (χ0n) is 29.1. The molecule has 0 amide bonds. The molecule has 0 atom stereocenters. The van der Waals surface area contributed by atoms with E-state index in [1.807, 2.05) is 129 Å². The van der Waals surface area contributed by atoms with Crippen LogP contribution in [0.25, 0.3) is 84.3 Å². The topological polar surface area (TPSA) is 140 Å². The van der Waals surface area contributed by atoms with Crippen LogP contribution in [0.1, 0.15) is 0 Å². The molecule has 7 aromatic carbocycles. The van der Waals surface area contributed by atoms with E-state index in [2.05, 4.69) is 0 Å². The molecule has 5 N–H and O–H groups in total. The number of rotatable bonds is 6. The van der Waals surface area contributed by atoms with E-state index in [1.165, 1.54) is 0 Å². The number of aromatic nitrogens is 6. The summed E-state index contributed by atoms with van der Waals surface area (Å²) < 4.78 is 5.99. The van der Waals surface area contributed by atoms with Gasteiger partial charge in [0.25, 0.3) is 0 Å². The van der Waals surface area contributed by atoms with Gasteiger partial charge < -0.3 is 21.1 Å². The van der Waals surface area contributed by atoms with Crippen LogP contribution < -0.4 is 5.73 Å². The number of fused-ring (bicyclic) bond motifs is 3. The first-order chi connectivity index (χ1) is 26.9. The van der Waals surface area contributed by atoms with Gasteiger partial charge >= 0.3 is 0 Å². The number of hydrogen-bond donors (Lipinski definition) is 4. The number of hydrogen-bond acceptors (Lipinski definition) is 7. The smallest absolute Gasteiger partial charge is 0.149 e. The summed E-state index contributed by atoms with van der Waals surface area (Å²) in [7, 11) is 0. The number of nitrogens with two attached hydrogens (primary N) is 1. The van der Waals surface area contributed by atoms with Crippen LogP contribution in [0.2, 0.25) is 0 Å². The molecule has 0 aliphatic rings. The van der Waals surface area contributed by atoms with Gasteiger partial charge in [0.1, 0.15) is 34.7 Å². The number of phenolic OH excluding ortho intramolecular Hbond substituents is 3. The lowest BCUT2D eigenvalue weighted by Gasteiger charge is -2.21. The standard InChI is InChI=1S/C45H31N7O3/c46-42-38(51-36-20-7-4-17-33(36)47-43(51)27-12-11-13-29(53)24-27)25-28(50-35-19-6-3-16-32(35)48-44(50)30-14-1-9-22-40(30)54)26-39(42)52-37-21-8-5-18-34(37)49-45(52)31-15-2-10-23-41(31)55/h1-26,53-55H,46H2. The molecule has 0 saturated carbocycles. The minimum atomic E-state index is 0.0724. The number of imidazole rings is 3. The molecule has 10 rings (SSSR count). The van der Waals surface area contributed by atoms with Crippen molar-refractivity contribution in [3.63, 3.8) is 0 Å². The normalized spacial score (nSPS) is 11.6. The molecule has 0 aliphatic heterocycles.